The van der Waals surface area contributed by atoms with E-state index in [-0.39, 0.29) is 42.8 Å². The number of halogens is 1. The van der Waals surface area contributed by atoms with Crippen LogP contribution in [0.25, 0.3) is 11.2 Å². The van der Waals surface area contributed by atoms with Crippen LogP contribution < -0.4 is 16.0 Å². The maximum Gasteiger partial charge on any atom is 0.328 e. The Kier molecular flexibility index (Phi) is 4.91. The molecule has 0 spiro atoms. The normalized spacial score (nSPS) is 20.4. The number of carbonyl (C=O) groups excluding carboxylic acids is 1. The fourth-order valence-corrected chi connectivity index (χ4v) is 3.82. The molecule has 3 N–H and O–H groups in total. The van der Waals surface area contributed by atoms with E-state index in [1.165, 1.54) is 18.0 Å². The topological polar surface area (TPSA) is 115 Å². The Morgan fingerprint density at radius 2 is 2.23 bits per heavy atom. The number of anilines is 3. The van der Waals surface area contributed by atoms with Crippen LogP contribution in [0.2, 0.25) is 0 Å². The molecule has 0 aromatic carbocycles. The van der Waals surface area contributed by atoms with Crippen molar-refractivity contribution in [3.8, 4) is 0 Å². The maximum absolute atomic E-state index is 15.1. The van der Waals surface area contributed by atoms with Gasteiger partial charge >= 0.3 is 6.03 Å². The van der Waals surface area contributed by atoms with E-state index in [1.54, 1.807) is 19.2 Å². The van der Waals surface area contributed by atoms with Crippen LogP contribution in [-0.4, -0.2) is 51.9 Å². The van der Waals surface area contributed by atoms with Crippen LogP contribution in [0.15, 0.2) is 18.5 Å². The number of aromatic nitrogens is 4. The second kappa shape index (κ2) is 7.75. The van der Waals surface area contributed by atoms with Gasteiger partial charge in [-0.25, -0.2) is 28.7 Å². The lowest BCUT2D eigenvalue weighted by molar-refractivity contribution is -0.0336. The van der Waals surface area contributed by atoms with Gasteiger partial charge in [0.05, 0.1) is 42.4 Å². The quantitative estimate of drug-likeness (QED) is 0.584. The highest BCUT2D eigenvalue weighted by molar-refractivity contribution is 5.94. The smallest absolute Gasteiger partial charge is 0.328 e. The summed E-state index contributed by atoms with van der Waals surface area (Å²) >= 11 is 0. The maximum atomic E-state index is 15.1. The summed E-state index contributed by atoms with van der Waals surface area (Å²) in [4.78, 5) is 26.1. The highest BCUT2D eigenvalue weighted by Gasteiger charge is 2.34. The second-order valence-electron chi connectivity index (χ2n) is 7.55. The first-order valence-corrected chi connectivity index (χ1v) is 10.00. The molecule has 0 radical (unpaired) electrons. The van der Waals surface area contributed by atoms with Crippen molar-refractivity contribution in [3.63, 3.8) is 0 Å². The van der Waals surface area contributed by atoms with Crippen LogP contribution in [0.1, 0.15) is 24.2 Å². The number of imidazole rings is 1. The van der Waals surface area contributed by atoms with Crippen LogP contribution in [0.5, 0.6) is 0 Å². The summed E-state index contributed by atoms with van der Waals surface area (Å²) in [6.07, 6.45) is 2.91. The van der Waals surface area contributed by atoms with E-state index in [1.807, 2.05) is 0 Å². The van der Waals surface area contributed by atoms with Crippen molar-refractivity contribution in [2.24, 2.45) is 0 Å². The zero-order valence-electron chi connectivity index (χ0n) is 17.1. The molecule has 1 aliphatic heterocycles. The fraction of sp³-hybridized carbons (Fsp3) is 0.400. The lowest BCUT2D eigenvalue weighted by Crippen LogP contribution is -2.52. The predicted octanol–water partition coefficient (Wildman–Crippen LogP) is 2.52. The number of rotatable bonds is 3. The van der Waals surface area contributed by atoms with Gasteiger partial charge in [-0.1, -0.05) is 0 Å². The first kappa shape index (κ1) is 19.6. The van der Waals surface area contributed by atoms with Gasteiger partial charge in [-0.2, -0.15) is 0 Å². The number of nitrogens with zero attached hydrogens (tertiary/aromatic N) is 4. The summed E-state index contributed by atoms with van der Waals surface area (Å²) in [5.74, 6) is -0.177. The lowest BCUT2D eigenvalue weighted by Gasteiger charge is -2.36. The number of hydrogen-bond donors (Lipinski definition) is 3. The molecule has 2 atom stereocenters. The summed E-state index contributed by atoms with van der Waals surface area (Å²) in [7, 11) is 3.23. The van der Waals surface area contributed by atoms with E-state index < -0.39 is 5.82 Å². The number of fused-ring (bicyclic) bond motifs is 4. The van der Waals surface area contributed by atoms with Gasteiger partial charge in [0.1, 0.15) is 23.4 Å². The molecule has 0 unspecified atom stereocenters. The summed E-state index contributed by atoms with van der Waals surface area (Å²) in [5.41, 5.74) is 2.48. The molecule has 1 saturated carbocycles. The molecule has 3 aromatic heterocycles. The fourth-order valence-electron chi connectivity index (χ4n) is 3.82. The van der Waals surface area contributed by atoms with Crippen LogP contribution in [0.4, 0.5) is 26.4 Å². The Hall–Kier alpha value is -3.31. The van der Waals surface area contributed by atoms with Crippen molar-refractivity contribution in [3.05, 3.63) is 35.7 Å². The van der Waals surface area contributed by atoms with Gasteiger partial charge < -0.3 is 25.4 Å². The van der Waals surface area contributed by atoms with Crippen LogP contribution in [0, 0.1) is 5.82 Å². The Balaban J connectivity index is 1.66. The molecule has 2 aliphatic rings. The number of carbonyl (C=O) groups is 1. The minimum Gasteiger partial charge on any atom is -0.386 e. The van der Waals surface area contributed by atoms with Crippen molar-refractivity contribution in [2.45, 2.75) is 38.2 Å². The van der Waals surface area contributed by atoms with E-state index in [0.717, 1.165) is 12.8 Å². The van der Waals surface area contributed by atoms with Crippen molar-refractivity contribution >= 4 is 34.4 Å². The molecule has 1 fully saturated rings. The van der Waals surface area contributed by atoms with Gasteiger partial charge in [0.25, 0.3) is 0 Å². The molecule has 31 heavy (non-hydrogen) atoms. The third kappa shape index (κ3) is 3.45. The molecule has 3 aromatic rings. The number of nitrogens with one attached hydrogen (secondary N) is 3. The number of amides is 1. The summed E-state index contributed by atoms with van der Waals surface area (Å²) in [6.45, 7) is 0.213. The first-order chi connectivity index (χ1) is 15.1. The van der Waals surface area contributed by atoms with Gasteiger partial charge in [0.15, 0.2) is 11.5 Å². The summed E-state index contributed by atoms with van der Waals surface area (Å²) in [5, 5.41) is 9.05. The van der Waals surface area contributed by atoms with E-state index >= 15 is 4.39 Å². The average Bonchev–Trinajstić information content (AvgIpc) is 3.17. The summed E-state index contributed by atoms with van der Waals surface area (Å²) in [6, 6.07) is 2.85. The van der Waals surface area contributed by atoms with Gasteiger partial charge in [0, 0.05) is 20.2 Å². The van der Waals surface area contributed by atoms with Gasteiger partial charge in [-0.15, -0.1) is 0 Å². The third-order valence-electron chi connectivity index (χ3n) is 5.58. The average molecular weight is 427 g/mol. The van der Waals surface area contributed by atoms with Crippen LogP contribution in [0.3, 0.4) is 0 Å². The molecule has 10 nitrogen and oxygen atoms in total. The minimum atomic E-state index is -0.529. The van der Waals surface area contributed by atoms with E-state index in [9.17, 15) is 4.79 Å². The van der Waals surface area contributed by atoms with Crippen LogP contribution in [-0.2, 0) is 22.7 Å². The van der Waals surface area contributed by atoms with E-state index in [0.29, 0.717) is 28.4 Å². The molecule has 11 heteroatoms. The summed E-state index contributed by atoms with van der Waals surface area (Å²) < 4.78 is 27.5. The Morgan fingerprint density at radius 1 is 1.35 bits per heavy atom. The zero-order valence-corrected chi connectivity index (χ0v) is 17.1. The Labute approximate surface area is 177 Å². The predicted molar refractivity (Wildman–Crippen MR) is 111 cm³/mol. The van der Waals surface area contributed by atoms with Gasteiger partial charge in [-0.05, 0) is 18.9 Å². The van der Waals surface area contributed by atoms with Crippen molar-refractivity contribution < 1.29 is 18.7 Å². The molecule has 0 saturated heterocycles. The van der Waals surface area contributed by atoms with Gasteiger partial charge in [0.2, 0.25) is 0 Å². The first-order valence-electron chi connectivity index (χ1n) is 10.00. The lowest BCUT2D eigenvalue weighted by atomic mass is 9.89. The highest BCUT2D eigenvalue weighted by atomic mass is 19.1. The molecule has 162 valence electrons. The molecular formula is C20H22FN7O3. The van der Waals surface area contributed by atoms with Crippen molar-refractivity contribution in [2.75, 3.05) is 24.8 Å². The third-order valence-corrected chi connectivity index (χ3v) is 5.58. The molecule has 1 aliphatic carbocycles. The minimum absolute atomic E-state index is 0.0253. The van der Waals surface area contributed by atoms with E-state index in [4.69, 9.17) is 9.47 Å². The number of pyridine rings is 2. The van der Waals surface area contributed by atoms with Crippen molar-refractivity contribution in [1.29, 1.82) is 0 Å². The molecule has 4 heterocycles. The van der Waals surface area contributed by atoms with Gasteiger partial charge in [-0.3, -0.25) is 0 Å². The number of hydrogen-bond acceptors (Lipinski definition) is 8. The van der Waals surface area contributed by atoms with Crippen LogP contribution >= 0.6 is 0 Å². The molecule has 1 amide bonds. The molecular weight excluding hydrogens is 405 g/mol. The number of ether oxygens (including phenoxy) is 2. The monoisotopic (exact) mass is 427 g/mol. The second-order valence-corrected chi connectivity index (χ2v) is 7.55. The standard InChI is InChI=1S/C20H22FN7O3/c1-22-13-6-16-25-12-5-10(24-14(8-30-2)17(12)21)7-31-15-4-3-11(15)26-20(29)28-9-23-18(13)19(28)27-16/h5-6,9,11,15H,3-4,7-8H2,1-2H3,(H,26,29)(H2,22,25,27)/t11-,15-/m1/s1. The molecule has 4 bridgehead atoms. The Morgan fingerprint density at radius 3 is 2.97 bits per heavy atom. The highest BCUT2D eigenvalue weighted by Crippen LogP contribution is 2.30. The number of methoxy groups -OCH3 is 1. The van der Waals surface area contributed by atoms with E-state index in [2.05, 4.69) is 30.9 Å². The SMILES string of the molecule is CNc1cc2nc3c1ncn3C(=O)N[C@@H]1CC[C@H]1OCc1cc(c(F)c(COC)n1)N2. The molecule has 5 rings (SSSR count). The largest absolute Gasteiger partial charge is 0.386 e. The zero-order chi connectivity index (χ0) is 21.5. The van der Waals surface area contributed by atoms with Crippen molar-refractivity contribution in [1.82, 2.24) is 24.8 Å². The Bertz CT molecular complexity index is 1170.